The van der Waals surface area contributed by atoms with Gasteiger partial charge in [0, 0.05) is 19.4 Å². The molecule has 0 aromatic heterocycles. The van der Waals surface area contributed by atoms with Crippen molar-refractivity contribution in [1.82, 2.24) is 4.72 Å². The third kappa shape index (κ3) is 4.02. The first kappa shape index (κ1) is 14.9. The monoisotopic (exact) mass is 293 g/mol. The molecule has 1 aromatic carbocycles. The third-order valence-corrected chi connectivity index (χ3v) is 4.82. The van der Waals surface area contributed by atoms with Gasteiger partial charge < -0.3 is 0 Å². The Kier molecular flexibility index (Phi) is 4.73. The molecule has 108 valence electrons. The minimum absolute atomic E-state index is 0.248. The molecule has 0 heterocycles. The number of carbonyl (C=O) groups excluding carboxylic acids is 1. The minimum Gasteiger partial charge on any atom is -0.300 e. The Bertz CT molecular complexity index is 615. The van der Waals surface area contributed by atoms with Gasteiger partial charge in [0.1, 0.15) is 5.78 Å². The van der Waals surface area contributed by atoms with E-state index in [9.17, 15) is 13.2 Å². The number of hydrogen-bond acceptors (Lipinski definition) is 3. The average Bonchev–Trinajstić information content (AvgIpc) is 2.62. The van der Waals surface area contributed by atoms with Crippen LogP contribution in [0.5, 0.6) is 0 Å². The molecule has 20 heavy (non-hydrogen) atoms. The second-order valence-corrected chi connectivity index (χ2v) is 6.84. The number of allylic oxidation sites excluding steroid dienone is 1. The zero-order valence-corrected chi connectivity index (χ0v) is 12.4. The maximum absolute atomic E-state index is 12.1. The summed E-state index contributed by atoms with van der Waals surface area (Å²) in [7, 11) is -3.48. The second kappa shape index (κ2) is 6.33. The van der Waals surface area contributed by atoms with Crippen LogP contribution in [0, 0.1) is 6.92 Å². The molecule has 0 aliphatic heterocycles. The van der Waals surface area contributed by atoms with Gasteiger partial charge >= 0.3 is 0 Å². The van der Waals surface area contributed by atoms with Crippen LogP contribution in [0.15, 0.2) is 40.8 Å². The Balaban J connectivity index is 2.00. The molecule has 0 unspecified atom stereocenters. The fraction of sp³-hybridized carbons (Fsp3) is 0.400. The molecular weight excluding hydrogens is 274 g/mol. The van der Waals surface area contributed by atoms with E-state index in [-0.39, 0.29) is 17.2 Å². The minimum atomic E-state index is -3.48. The molecule has 0 spiro atoms. The highest BCUT2D eigenvalue weighted by Crippen LogP contribution is 2.15. The predicted molar refractivity (Wildman–Crippen MR) is 77.9 cm³/mol. The summed E-state index contributed by atoms with van der Waals surface area (Å²) in [5.41, 5.74) is 2.01. The van der Waals surface area contributed by atoms with E-state index in [0.717, 1.165) is 11.1 Å². The molecule has 0 radical (unpaired) electrons. The van der Waals surface area contributed by atoms with Gasteiger partial charge in [0.2, 0.25) is 10.0 Å². The smallest absolute Gasteiger partial charge is 0.240 e. The maximum atomic E-state index is 12.1. The topological polar surface area (TPSA) is 63.2 Å². The highest BCUT2D eigenvalue weighted by molar-refractivity contribution is 7.89. The molecule has 1 aromatic rings. The van der Waals surface area contributed by atoms with Crippen LogP contribution >= 0.6 is 0 Å². The lowest BCUT2D eigenvalue weighted by Crippen LogP contribution is -2.26. The zero-order valence-electron chi connectivity index (χ0n) is 11.6. The molecule has 0 saturated carbocycles. The number of aryl methyl sites for hydroxylation is 1. The van der Waals surface area contributed by atoms with Crippen molar-refractivity contribution in [1.29, 1.82) is 0 Å². The van der Waals surface area contributed by atoms with E-state index in [1.807, 2.05) is 13.0 Å². The van der Waals surface area contributed by atoms with Crippen molar-refractivity contribution < 1.29 is 13.2 Å². The van der Waals surface area contributed by atoms with Gasteiger partial charge in [0.15, 0.2) is 0 Å². The normalized spacial score (nSPS) is 16.6. The fourth-order valence-corrected chi connectivity index (χ4v) is 3.15. The summed E-state index contributed by atoms with van der Waals surface area (Å²) in [6.07, 6.45) is 4.41. The van der Waals surface area contributed by atoms with Gasteiger partial charge in [0.05, 0.1) is 4.90 Å². The second-order valence-electron chi connectivity index (χ2n) is 5.08. The molecule has 0 saturated heterocycles. The highest BCUT2D eigenvalue weighted by Gasteiger charge is 2.15. The Morgan fingerprint density at radius 2 is 1.80 bits per heavy atom. The van der Waals surface area contributed by atoms with E-state index in [1.54, 1.807) is 24.3 Å². The molecule has 0 bridgehead atoms. The standard InChI is InChI=1S/C15H19NO3S/c1-12-5-9-15(10-6-12)20(18,19)16-11-13-3-2-4-14(17)8-7-13/h3,5-6,9-10,16H,2,4,7-8,11H2,1H3. The first-order valence-electron chi connectivity index (χ1n) is 6.73. The molecular formula is C15H19NO3S. The maximum Gasteiger partial charge on any atom is 0.240 e. The molecule has 2 rings (SSSR count). The highest BCUT2D eigenvalue weighted by atomic mass is 32.2. The van der Waals surface area contributed by atoms with Crippen molar-refractivity contribution in [3.63, 3.8) is 0 Å². The van der Waals surface area contributed by atoms with Gasteiger partial charge in [0.25, 0.3) is 0 Å². The first-order valence-corrected chi connectivity index (χ1v) is 8.21. The third-order valence-electron chi connectivity index (χ3n) is 3.40. The average molecular weight is 293 g/mol. The molecule has 5 heteroatoms. The van der Waals surface area contributed by atoms with Crippen LogP contribution in [0.2, 0.25) is 0 Å². The Labute approximate surface area is 119 Å². The van der Waals surface area contributed by atoms with Gasteiger partial charge in [-0.3, -0.25) is 4.79 Å². The van der Waals surface area contributed by atoms with Crippen molar-refractivity contribution in [3.8, 4) is 0 Å². The van der Waals surface area contributed by atoms with Crippen molar-refractivity contribution >= 4 is 15.8 Å². The molecule has 4 nitrogen and oxygen atoms in total. The van der Waals surface area contributed by atoms with Crippen molar-refractivity contribution in [2.75, 3.05) is 6.54 Å². The summed E-state index contributed by atoms with van der Waals surface area (Å²) in [6, 6.07) is 6.75. The summed E-state index contributed by atoms with van der Waals surface area (Å²) in [5, 5.41) is 0. The van der Waals surface area contributed by atoms with Crippen molar-refractivity contribution in [2.24, 2.45) is 0 Å². The van der Waals surface area contributed by atoms with E-state index in [2.05, 4.69) is 4.72 Å². The number of benzene rings is 1. The zero-order chi connectivity index (χ0) is 14.6. The SMILES string of the molecule is Cc1ccc(S(=O)(=O)NCC2=CCCC(=O)CC2)cc1. The lowest BCUT2D eigenvalue weighted by atomic mass is 10.1. The fourth-order valence-electron chi connectivity index (χ4n) is 2.11. The number of ketones is 1. The summed E-state index contributed by atoms with van der Waals surface area (Å²) in [6.45, 7) is 2.20. The van der Waals surface area contributed by atoms with Crippen molar-refractivity contribution in [3.05, 3.63) is 41.5 Å². The summed E-state index contributed by atoms with van der Waals surface area (Å²) >= 11 is 0. The van der Waals surface area contributed by atoms with Crippen LogP contribution in [-0.4, -0.2) is 20.7 Å². The van der Waals surface area contributed by atoms with Gasteiger partial charge in [-0.15, -0.1) is 0 Å². The molecule has 0 fully saturated rings. The number of sulfonamides is 1. The van der Waals surface area contributed by atoms with Crippen LogP contribution < -0.4 is 4.72 Å². The molecule has 1 aliphatic rings. The summed E-state index contributed by atoms with van der Waals surface area (Å²) in [4.78, 5) is 11.6. The van der Waals surface area contributed by atoms with Crippen LogP contribution in [0.1, 0.15) is 31.2 Å². The van der Waals surface area contributed by atoms with Gasteiger partial charge in [-0.05, 0) is 31.9 Å². The predicted octanol–water partition coefficient (Wildman–Crippen LogP) is 2.34. The lowest BCUT2D eigenvalue weighted by Gasteiger charge is -2.09. The number of hydrogen-bond donors (Lipinski definition) is 1. The number of nitrogens with one attached hydrogen (secondary N) is 1. The van der Waals surface area contributed by atoms with E-state index in [0.29, 0.717) is 25.7 Å². The van der Waals surface area contributed by atoms with E-state index < -0.39 is 10.0 Å². The molecule has 1 aliphatic carbocycles. The largest absolute Gasteiger partial charge is 0.300 e. The molecule has 1 N–H and O–H groups in total. The van der Waals surface area contributed by atoms with Gasteiger partial charge in [-0.25, -0.2) is 13.1 Å². The van der Waals surface area contributed by atoms with Crippen molar-refractivity contribution in [2.45, 2.75) is 37.5 Å². The number of carbonyl (C=O) groups is 1. The Morgan fingerprint density at radius 1 is 1.10 bits per heavy atom. The Hall–Kier alpha value is -1.46. The first-order chi connectivity index (χ1) is 9.47. The van der Waals surface area contributed by atoms with E-state index in [4.69, 9.17) is 0 Å². The Morgan fingerprint density at radius 3 is 2.50 bits per heavy atom. The molecule has 0 atom stereocenters. The van der Waals surface area contributed by atoms with Crippen LogP contribution in [-0.2, 0) is 14.8 Å². The van der Waals surface area contributed by atoms with Crippen LogP contribution in [0.25, 0.3) is 0 Å². The van der Waals surface area contributed by atoms with Crippen LogP contribution in [0.3, 0.4) is 0 Å². The van der Waals surface area contributed by atoms with E-state index >= 15 is 0 Å². The summed E-state index contributed by atoms with van der Waals surface area (Å²) < 4.78 is 26.9. The number of Topliss-reactive ketones (excluding diaryl/α,β-unsaturated/α-hetero) is 1. The van der Waals surface area contributed by atoms with E-state index in [1.165, 1.54) is 0 Å². The lowest BCUT2D eigenvalue weighted by molar-refractivity contribution is -0.118. The van der Waals surface area contributed by atoms with Gasteiger partial charge in [-0.1, -0.05) is 29.3 Å². The molecule has 0 amide bonds. The number of rotatable bonds is 4. The van der Waals surface area contributed by atoms with Crippen LogP contribution in [0.4, 0.5) is 0 Å². The quantitative estimate of drug-likeness (QED) is 0.867. The van der Waals surface area contributed by atoms with Gasteiger partial charge in [-0.2, -0.15) is 0 Å². The summed E-state index contributed by atoms with van der Waals surface area (Å²) in [5.74, 6) is 0.248.